The molecule has 2 nitrogen and oxygen atoms in total. The van der Waals surface area contributed by atoms with Gasteiger partial charge < -0.3 is 4.90 Å². The van der Waals surface area contributed by atoms with E-state index in [4.69, 9.17) is 0 Å². The molecular formula is C10H11F2NO. The number of benzene rings is 1. The molecule has 0 saturated heterocycles. The first-order valence-electron chi connectivity index (χ1n) is 4.11. The van der Waals surface area contributed by atoms with Gasteiger partial charge in [0.15, 0.2) is 0 Å². The molecule has 0 N–H and O–H groups in total. The van der Waals surface area contributed by atoms with Gasteiger partial charge in [0.2, 0.25) is 0 Å². The van der Waals surface area contributed by atoms with Crippen molar-refractivity contribution in [2.24, 2.45) is 0 Å². The first kappa shape index (κ1) is 10.6. The van der Waals surface area contributed by atoms with Gasteiger partial charge in [-0.2, -0.15) is 8.78 Å². The molecule has 4 heteroatoms. The number of carbonyl (C=O) groups excluding carboxylic acids is 1. The predicted molar refractivity (Wildman–Crippen MR) is 49.0 cm³/mol. The van der Waals surface area contributed by atoms with E-state index in [0.29, 0.717) is 0 Å². The van der Waals surface area contributed by atoms with Crippen molar-refractivity contribution >= 4 is 5.91 Å². The summed E-state index contributed by atoms with van der Waals surface area (Å²) in [4.78, 5) is 12.0. The third-order valence-corrected chi connectivity index (χ3v) is 1.81. The molecule has 0 radical (unpaired) electrons. The molecule has 1 aromatic rings. The summed E-state index contributed by atoms with van der Waals surface area (Å²) in [6, 6.07) is 7.06. The minimum Gasteiger partial charge on any atom is -0.343 e. The van der Waals surface area contributed by atoms with E-state index in [1.165, 1.54) is 38.4 Å². The minimum atomic E-state index is -3.44. The van der Waals surface area contributed by atoms with Crippen LogP contribution in [0.2, 0.25) is 0 Å². The highest BCUT2D eigenvalue weighted by molar-refractivity contribution is 5.84. The van der Waals surface area contributed by atoms with Crippen LogP contribution in [0.4, 0.5) is 8.78 Å². The Labute approximate surface area is 81.1 Å². The number of nitrogens with zero attached hydrogens (tertiary/aromatic N) is 1. The number of hydrogen-bond acceptors (Lipinski definition) is 1. The molecule has 0 saturated carbocycles. The highest BCUT2D eigenvalue weighted by Gasteiger charge is 2.41. The summed E-state index contributed by atoms with van der Waals surface area (Å²) in [5.41, 5.74) is -0.279. The highest BCUT2D eigenvalue weighted by Crippen LogP contribution is 2.29. The van der Waals surface area contributed by atoms with Crippen molar-refractivity contribution in [3.63, 3.8) is 0 Å². The van der Waals surface area contributed by atoms with Crippen molar-refractivity contribution in [1.82, 2.24) is 4.90 Å². The Hall–Kier alpha value is -1.45. The quantitative estimate of drug-likeness (QED) is 0.712. The van der Waals surface area contributed by atoms with Crippen molar-refractivity contribution in [3.8, 4) is 0 Å². The average Bonchev–Trinajstić information content (AvgIpc) is 2.18. The summed E-state index contributed by atoms with van der Waals surface area (Å²) in [6.07, 6.45) is 0. The van der Waals surface area contributed by atoms with Crippen LogP contribution in [0.25, 0.3) is 0 Å². The zero-order valence-corrected chi connectivity index (χ0v) is 8.00. The molecule has 14 heavy (non-hydrogen) atoms. The lowest BCUT2D eigenvalue weighted by atomic mass is 10.1. The molecule has 0 spiro atoms. The van der Waals surface area contributed by atoms with Gasteiger partial charge in [0.05, 0.1) is 0 Å². The zero-order valence-electron chi connectivity index (χ0n) is 8.00. The summed E-state index contributed by atoms with van der Waals surface area (Å²) in [5, 5.41) is 0. The fraction of sp³-hybridized carbons (Fsp3) is 0.300. The standard InChI is InChI=1S/C10H11F2NO/c1-13(2)9(14)10(11,12)8-6-4-3-5-7-8/h3-7H,1-2H3. The van der Waals surface area contributed by atoms with Gasteiger partial charge in [-0.3, -0.25) is 4.79 Å². The second-order valence-corrected chi connectivity index (χ2v) is 3.14. The lowest BCUT2D eigenvalue weighted by Gasteiger charge is -2.19. The Bertz CT molecular complexity index is 322. The van der Waals surface area contributed by atoms with Crippen LogP contribution in [0.5, 0.6) is 0 Å². The van der Waals surface area contributed by atoms with Gasteiger partial charge in [0.25, 0.3) is 5.91 Å². The van der Waals surface area contributed by atoms with Crippen LogP contribution in [0, 0.1) is 0 Å². The van der Waals surface area contributed by atoms with Crippen molar-refractivity contribution in [3.05, 3.63) is 35.9 Å². The first-order valence-corrected chi connectivity index (χ1v) is 4.11. The van der Waals surface area contributed by atoms with Gasteiger partial charge >= 0.3 is 5.92 Å². The van der Waals surface area contributed by atoms with E-state index in [2.05, 4.69) is 0 Å². The fourth-order valence-electron chi connectivity index (χ4n) is 1.05. The summed E-state index contributed by atoms with van der Waals surface area (Å²) >= 11 is 0. The van der Waals surface area contributed by atoms with Gasteiger partial charge in [0.1, 0.15) is 0 Å². The molecule has 0 aliphatic heterocycles. The molecule has 1 rings (SSSR count). The minimum absolute atomic E-state index is 0.279. The monoisotopic (exact) mass is 199 g/mol. The van der Waals surface area contributed by atoms with Crippen LogP contribution in [0.1, 0.15) is 5.56 Å². The van der Waals surface area contributed by atoms with Crippen LogP contribution >= 0.6 is 0 Å². The molecule has 0 bridgehead atoms. The molecule has 0 fully saturated rings. The smallest absolute Gasteiger partial charge is 0.343 e. The third-order valence-electron chi connectivity index (χ3n) is 1.81. The molecular weight excluding hydrogens is 188 g/mol. The van der Waals surface area contributed by atoms with E-state index in [0.717, 1.165) is 4.90 Å². The molecule has 1 amide bonds. The number of alkyl halides is 2. The topological polar surface area (TPSA) is 20.3 Å². The Morgan fingerprint density at radius 3 is 2.14 bits per heavy atom. The number of halogens is 2. The fourth-order valence-corrected chi connectivity index (χ4v) is 1.05. The number of hydrogen-bond donors (Lipinski definition) is 0. The third kappa shape index (κ3) is 1.89. The summed E-state index contributed by atoms with van der Waals surface area (Å²) in [6.45, 7) is 0. The van der Waals surface area contributed by atoms with Gasteiger partial charge in [-0.15, -0.1) is 0 Å². The number of rotatable bonds is 2. The van der Waals surface area contributed by atoms with Gasteiger partial charge in [-0.05, 0) is 0 Å². The molecule has 0 unspecified atom stereocenters. The molecule has 76 valence electrons. The largest absolute Gasteiger partial charge is 0.349 e. The van der Waals surface area contributed by atoms with Gasteiger partial charge in [0, 0.05) is 19.7 Å². The summed E-state index contributed by atoms with van der Waals surface area (Å²) < 4.78 is 26.8. The van der Waals surface area contributed by atoms with Crippen molar-refractivity contribution in [2.45, 2.75) is 5.92 Å². The van der Waals surface area contributed by atoms with Crippen molar-refractivity contribution in [1.29, 1.82) is 0 Å². The maximum absolute atomic E-state index is 13.4. The Morgan fingerprint density at radius 1 is 1.21 bits per heavy atom. The summed E-state index contributed by atoms with van der Waals surface area (Å²) in [5.74, 6) is -4.64. The van der Waals surface area contributed by atoms with Crippen molar-refractivity contribution in [2.75, 3.05) is 14.1 Å². The van der Waals surface area contributed by atoms with E-state index in [1.807, 2.05) is 0 Å². The Balaban J connectivity index is 3.02. The molecule has 0 aromatic heterocycles. The summed E-state index contributed by atoms with van der Waals surface area (Å²) in [7, 11) is 2.61. The predicted octanol–water partition coefficient (Wildman–Crippen LogP) is 1.87. The van der Waals surface area contributed by atoms with Crippen LogP contribution in [-0.2, 0) is 10.7 Å². The second kappa shape index (κ2) is 3.74. The first-order chi connectivity index (χ1) is 6.46. The molecule has 0 aliphatic rings. The van der Waals surface area contributed by atoms with Crippen molar-refractivity contribution < 1.29 is 13.6 Å². The maximum Gasteiger partial charge on any atom is 0.349 e. The van der Waals surface area contributed by atoms with Gasteiger partial charge in [-0.25, -0.2) is 0 Å². The number of amides is 1. The molecule has 0 atom stereocenters. The Kier molecular flexibility index (Phi) is 2.84. The zero-order chi connectivity index (χ0) is 10.8. The lowest BCUT2D eigenvalue weighted by molar-refractivity contribution is -0.156. The maximum atomic E-state index is 13.4. The van der Waals surface area contributed by atoms with Crippen LogP contribution < -0.4 is 0 Å². The normalized spacial score (nSPS) is 11.1. The lowest BCUT2D eigenvalue weighted by Crippen LogP contribution is -2.37. The van der Waals surface area contributed by atoms with Crippen LogP contribution in [0.15, 0.2) is 30.3 Å². The second-order valence-electron chi connectivity index (χ2n) is 3.14. The SMILES string of the molecule is CN(C)C(=O)C(F)(F)c1ccccc1. The molecule has 0 aliphatic carbocycles. The van der Waals surface area contributed by atoms with Gasteiger partial charge in [-0.1, -0.05) is 30.3 Å². The highest BCUT2D eigenvalue weighted by atomic mass is 19.3. The molecule has 1 aromatic carbocycles. The number of carbonyl (C=O) groups is 1. The van der Waals surface area contributed by atoms with E-state index in [-0.39, 0.29) is 5.56 Å². The van der Waals surface area contributed by atoms with Crippen LogP contribution in [0.3, 0.4) is 0 Å². The van der Waals surface area contributed by atoms with E-state index < -0.39 is 11.8 Å². The number of likely N-dealkylation sites (N-methyl/N-ethyl adjacent to an activating group) is 1. The van der Waals surface area contributed by atoms with Crippen LogP contribution in [-0.4, -0.2) is 24.9 Å². The Morgan fingerprint density at radius 2 is 1.71 bits per heavy atom. The average molecular weight is 199 g/mol. The van der Waals surface area contributed by atoms with E-state index in [9.17, 15) is 13.6 Å². The molecule has 0 heterocycles. The van der Waals surface area contributed by atoms with E-state index >= 15 is 0 Å². The van der Waals surface area contributed by atoms with E-state index in [1.54, 1.807) is 6.07 Å².